The van der Waals surface area contributed by atoms with Gasteiger partial charge >= 0.3 is 0 Å². The van der Waals surface area contributed by atoms with Crippen LogP contribution in [0, 0.1) is 0 Å². The molecule has 4 fully saturated rings. The van der Waals surface area contributed by atoms with Crippen LogP contribution in [0.15, 0.2) is 0 Å². The predicted octanol–water partition coefficient (Wildman–Crippen LogP) is 10.2. The quantitative estimate of drug-likeness (QED) is 0.169. The van der Waals surface area contributed by atoms with Gasteiger partial charge in [-0.25, -0.2) is 0 Å². The van der Waals surface area contributed by atoms with Crippen LogP contribution in [0.4, 0.5) is 0 Å². The Morgan fingerprint density at radius 3 is 1.27 bits per heavy atom. The highest BCUT2D eigenvalue weighted by atomic mass is 16.6. The van der Waals surface area contributed by atoms with Crippen LogP contribution in [0.25, 0.3) is 0 Å². The van der Waals surface area contributed by atoms with Crippen molar-refractivity contribution in [2.24, 2.45) is 0 Å². The average molecular weight is 519 g/mol. The first-order valence-electron chi connectivity index (χ1n) is 17.1. The van der Waals surface area contributed by atoms with E-state index in [2.05, 4.69) is 13.8 Å². The van der Waals surface area contributed by atoms with Gasteiger partial charge in [-0.2, -0.15) is 0 Å². The number of ether oxygens (including phenoxy) is 3. The molecule has 2 aliphatic carbocycles. The van der Waals surface area contributed by atoms with Gasteiger partial charge in [0.1, 0.15) is 11.2 Å². The maximum absolute atomic E-state index is 7.73. The second-order valence-corrected chi connectivity index (χ2v) is 13.4. The Balaban J connectivity index is 1.40. The fourth-order valence-electron chi connectivity index (χ4n) is 8.84. The van der Waals surface area contributed by atoms with Crippen LogP contribution in [0.3, 0.4) is 0 Å². The molecule has 0 radical (unpaired) electrons. The molecule has 216 valence electrons. The summed E-state index contributed by atoms with van der Waals surface area (Å²) in [7, 11) is 0. The Hall–Kier alpha value is -0.120. The van der Waals surface area contributed by atoms with E-state index in [1.165, 1.54) is 154 Å². The van der Waals surface area contributed by atoms with Gasteiger partial charge in [-0.3, -0.25) is 0 Å². The highest BCUT2D eigenvalue weighted by molar-refractivity contribution is 5.15. The maximum Gasteiger partial charge on any atom is 0.100 e. The second kappa shape index (κ2) is 14.5. The van der Waals surface area contributed by atoms with Gasteiger partial charge in [0.25, 0.3) is 0 Å². The van der Waals surface area contributed by atoms with E-state index in [4.69, 9.17) is 14.2 Å². The minimum Gasteiger partial charge on any atom is -0.372 e. The van der Waals surface area contributed by atoms with Crippen LogP contribution >= 0.6 is 0 Å². The molecule has 0 aromatic rings. The van der Waals surface area contributed by atoms with E-state index in [1.54, 1.807) is 0 Å². The van der Waals surface area contributed by atoms with Gasteiger partial charge in [-0.15, -0.1) is 0 Å². The Labute approximate surface area is 230 Å². The molecule has 4 aliphatic rings. The number of fused-ring (bicyclic) bond motifs is 2. The minimum atomic E-state index is -0.0656. The van der Waals surface area contributed by atoms with Gasteiger partial charge in [-0.05, 0) is 38.5 Å². The Morgan fingerprint density at radius 2 is 0.838 bits per heavy atom. The zero-order valence-electron chi connectivity index (χ0n) is 25.0. The average Bonchev–Trinajstić information content (AvgIpc) is 3.46. The van der Waals surface area contributed by atoms with Crippen LogP contribution in [-0.4, -0.2) is 35.6 Å². The van der Waals surface area contributed by atoms with E-state index in [1.807, 2.05) is 0 Å². The molecule has 0 aromatic heterocycles. The zero-order valence-corrected chi connectivity index (χ0v) is 25.0. The molecular weight excluding hydrogens is 456 g/mol. The number of unbranched alkanes of at least 4 members (excludes halogenated alkanes) is 12. The molecule has 4 atom stereocenters. The lowest BCUT2D eigenvalue weighted by Crippen LogP contribution is -2.64. The van der Waals surface area contributed by atoms with Crippen LogP contribution in [0.5, 0.6) is 0 Å². The molecule has 2 heterocycles. The van der Waals surface area contributed by atoms with E-state index in [0.717, 1.165) is 26.1 Å². The van der Waals surface area contributed by atoms with E-state index in [0.29, 0.717) is 0 Å². The minimum absolute atomic E-state index is 0.0333. The lowest BCUT2D eigenvalue weighted by Gasteiger charge is -2.56. The first kappa shape index (κ1) is 29.9. The van der Waals surface area contributed by atoms with E-state index >= 15 is 0 Å². The summed E-state index contributed by atoms with van der Waals surface area (Å²) in [4.78, 5) is 0. The first-order chi connectivity index (χ1) is 18.2. The fourth-order valence-corrected chi connectivity index (χ4v) is 8.84. The van der Waals surface area contributed by atoms with Crippen molar-refractivity contribution in [3.63, 3.8) is 0 Å². The smallest absolute Gasteiger partial charge is 0.100 e. The lowest BCUT2D eigenvalue weighted by atomic mass is 9.65. The molecule has 0 N–H and O–H groups in total. The van der Waals surface area contributed by atoms with Gasteiger partial charge in [0.2, 0.25) is 0 Å². The molecule has 37 heavy (non-hydrogen) atoms. The third-order valence-electron chi connectivity index (χ3n) is 11.0. The summed E-state index contributed by atoms with van der Waals surface area (Å²) in [5.41, 5.74) is -0.198. The maximum atomic E-state index is 7.73. The summed E-state index contributed by atoms with van der Waals surface area (Å²) in [6.07, 6.45) is 34.0. The van der Waals surface area contributed by atoms with Crippen LogP contribution in [0.1, 0.15) is 181 Å². The lowest BCUT2D eigenvalue weighted by molar-refractivity contribution is -0.276. The van der Waals surface area contributed by atoms with Crippen molar-refractivity contribution >= 4 is 0 Å². The molecule has 3 heteroatoms. The summed E-state index contributed by atoms with van der Waals surface area (Å²) in [6.45, 7) is 6.42. The molecule has 2 saturated heterocycles. The highest BCUT2D eigenvalue weighted by Gasteiger charge is 2.66. The summed E-state index contributed by atoms with van der Waals surface area (Å²) >= 11 is 0. The molecule has 3 nitrogen and oxygen atoms in total. The third-order valence-corrected chi connectivity index (χ3v) is 11.0. The number of hydrogen-bond acceptors (Lipinski definition) is 3. The Bertz CT molecular complexity index is 597. The first-order valence-corrected chi connectivity index (χ1v) is 17.1. The predicted molar refractivity (Wildman–Crippen MR) is 155 cm³/mol. The van der Waals surface area contributed by atoms with Gasteiger partial charge < -0.3 is 14.2 Å². The largest absolute Gasteiger partial charge is 0.372 e. The van der Waals surface area contributed by atoms with Crippen LogP contribution < -0.4 is 0 Å². The Kier molecular flexibility index (Phi) is 11.7. The monoisotopic (exact) mass is 518 g/mol. The zero-order chi connectivity index (χ0) is 25.9. The van der Waals surface area contributed by atoms with Gasteiger partial charge in [-0.1, -0.05) is 129 Å². The summed E-state index contributed by atoms with van der Waals surface area (Å²) in [5, 5.41) is 0. The van der Waals surface area contributed by atoms with E-state index in [9.17, 15) is 0 Å². The topological polar surface area (TPSA) is 27.7 Å². The molecule has 0 spiro atoms. The number of hydrogen-bond donors (Lipinski definition) is 0. The third kappa shape index (κ3) is 6.79. The molecule has 2 aliphatic heterocycles. The van der Waals surface area contributed by atoms with Crippen molar-refractivity contribution in [3.05, 3.63) is 0 Å². The van der Waals surface area contributed by atoms with Crippen molar-refractivity contribution < 1.29 is 14.2 Å². The fraction of sp³-hybridized carbons (Fsp3) is 1.00. The van der Waals surface area contributed by atoms with Crippen molar-refractivity contribution in [1.82, 2.24) is 0 Å². The standard InChI is InChI=1S/C34H62O3/c1-3-5-7-9-11-13-15-21-31-23-17-19-25-33(31,27-29-35-31)37-34-26-20-18-24-32(34,36-30-28-34)22-16-14-12-10-8-6-4-2/h3-30H2,1-2H3. The van der Waals surface area contributed by atoms with E-state index in [-0.39, 0.29) is 22.4 Å². The van der Waals surface area contributed by atoms with Gasteiger partial charge in [0.05, 0.1) is 24.4 Å². The van der Waals surface area contributed by atoms with Crippen molar-refractivity contribution in [2.75, 3.05) is 13.2 Å². The molecule has 4 rings (SSSR count). The van der Waals surface area contributed by atoms with Gasteiger partial charge in [0.15, 0.2) is 0 Å². The molecule has 4 unspecified atom stereocenters. The summed E-state index contributed by atoms with van der Waals surface area (Å²) < 4.78 is 21.3. The second-order valence-electron chi connectivity index (χ2n) is 13.4. The van der Waals surface area contributed by atoms with Crippen molar-refractivity contribution in [3.8, 4) is 0 Å². The summed E-state index contributed by atoms with van der Waals surface area (Å²) in [6, 6.07) is 0. The molecule has 0 amide bonds. The molecule has 0 bridgehead atoms. The highest BCUT2D eigenvalue weighted by Crippen LogP contribution is 2.59. The summed E-state index contributed by atoms with van der Waals surface area (Å²) in [5.74, 6) is 0. The normalized spacial score (nSPS) is 35.5. The van der Waals surface area contributed by atoms with Gasteiger partial charge in [0, 0.05) is 12.8 Å². The molecular formula is C34H62O3. The Morgan fingerprint density at radius 1 is 0.459 bits per heavy atom. The number of rotatable bonds is 18. The van der Waals surface area contributed by atoms with Crippen LogP contribution in [0.2, 0.25) is 0 Å². The van der Waals surface area contributed by atoms with Crippen molar-refractivity contribution in [1.29, 1.82) is 0 Å². The van der Waals surface area contributed by atoms with E-state index < -0.39 is 0 Å². The van der Waals surface area contributed by atoms with Crippen molar-refractivity contribution in [2.45, 2.75) is 203 Å². The SMILES string of the molecule is CCCCCCCCCC12CCCCC1(OC13CCCCC1(CCCCCCCCC)OCC3)CCO2. The molecule has 2 saturated carbocycles. The van der Waals surface area contributed by atoms with Crippen LogP contribution in [-0.2, 0) is 14.2 Å². The molecule has 0 aromatic carbocycles.